The summed E-state index contributed by atoms with van der Waals surface area (Å²) in [5, 5.41) is 0. The van der Waals surface area contributed by atoms with Gasteiger partial charge in [-0.25, -0.2) is 4.39 Å². The normalized spacial score (nSPS) is 15.2. The first kappa shape index (κ1) is 20.5. The quantitative estimate of drug-likeness (QED) is 0.486. The van der Waals surface area contributed by atoms with Crippen LogP contribution >= 0.6 is 0 Å². The van der Waals surface area contributed by atoms with Crippen molar-refractivity contribution < 1.29 is 9.18 Å². The number of nitrogens with zero attached hydrogens (tertiary/aromatic N) is 4. The zero-order chi connectivity index (χ0) is 22.2. The van der Waals surface area contributed by atoms with Gasteiger partial charge in [0.15, 0.2) is 0 Å². The van der Waals surface area contributed by atoms with E-state index in [-0.39, 0.29) is 17.3 Å². The zero-order valence-corrected chi connectivity index (χ0v) is 18.0. The number of carbonyl (C=O) groups is 1. The predicted octanol–water partition coefficient (Wildman–Crippen LogP) is 3.44. The number of aromatic nitrogens is 2. The molecule has 1 fully saturated rings. The van der Waals surface area contributed by atoms with E-state index in [2.05, 4.69) is 4.90 Å². The van der Waals surface area contributed by atoms with Crippen molar-refractivity contribution in [3.63, 3.8) is 0 Å². The van der Waals surface area contributed by atoms with E-state index in [1.54, 1.807) is 33.4 Å². The van der Waals surface area contributed by atoms with Crippen molar-refractivity contribution in [2.45, 2.75) is 19.9 Å². The Morgan fingerprint density at radius 3 is 2.50 bits per heavy atom. The summed E-state index contributed by atoms with van der Waals surface area (Å²) in [5.74, 6) is -0.240. The number of benzene rings is 2. The van der Waals surface area contributed by atoms with Crippen LogP contribution in [-0.2, 0) is 11.3 Å². The van der Waals surface area contributed by atoms with Crippen molar-refractivity contribution in [3.05, 3.63) is 82.5 Å². The molecular formula is C25H25FN4O2. The third kappa shape index (κ3) is 3.69. The molecule has 2 aromatic heterocycles. The van der Waals surface area contributed by atoms with Gasteiger partial charge in [-0.3, -0.25) is 14.5 Å². The maximum atomic E-state index is 13.9. The molecule has 0 saturated carbocycles. The number of hydrogen-bond donors (Lipinski definition) is 0. The molecule has 3 heterocycles. The van der Waals surface area contributed by atoms with Gasteiger partial charge >= 0.3 is 0 Å². The predicted molar refractivity (Wildman–Crippen MR) is 124 cm³/mol. The van der Waals surface area contributed by atoms with E-state index < -0.39 is 0 Å². The van der Waals surface area contributed by atoms with Crippen LogP contribution in [0.2, 0.25) is 0 Å². The molecule has 32 heavy (non-hydrogen) atoms. The summed E-state index contributed by atoms with van der Waals surface area (Å²) in [6.45, 7) is 5.07. The summed E-state index contributed by atoms with van der Waals surface area (Å²) in [5.41, 5.74) is 3.93. The average Bonchev–Trinajstić information content (AvgIpc) is 3.28. The maximum absolute atomic E-state index is 13.9. The summed E-state index contributed by atoms with van der Waals surface area (Å²) in [4.78, 5) is 29.7. The molecule has 0 N–H and O–H groups in total. The fraction of sp³-hybridized carbons (Fsp3) is 0.280. The highest BCUT2D eigenvalue weighted by molar-refractivity contribution is 5.95. The van der Waals surface area contributed by atoms with Crippen molar-refractivity contribution in [2.24, 2.45) is 0 Å². The lowest BCUT2D eigenvalue weighted by Crippen LogP contribution is -2.50. The van der Waals surface area contributed by atoms with Crippen LogP contribution in [0.4, 0.5) is 10.1 Å². The Balaban J connectivity index is 1.29. The summed E-state index contributed by atoms with van der Waals surface area (Å²) in [7, 11) is 0. The standard InChI is InChI=1S/C25H25FN4O2/c1-18-5-8-20(9-6-18)28-15-14-27(17-24(28)31)11-3-13-30-21-10-7-19(26)16-23(21)29-12-2-4-22(29)25(30)32/h2,4-10,12,16H,3,11,13-15,17H2,1H3. The highest BCUT2D eigenvalue weighted by atomic mass is 19.1. The molecule has 0 atom stereocenters. The molecule has 0 aliphatic carbocycles. The second kappa shape index (κ2) is 8.24. The number of piperazine rings is 1. The van der Waals surface area contributed by atoms with Gasteiger partial charge in [-0.15, -0.1) is 0 Å². The summed E-state index contributed by atoms with van der Waals surface area (Å²) < 4.78 is 17.3. The number of amides is 1. The molecular weight excluding hydrogens is 407 g/mol. The van der Waals surface area contributed by atoms with Gasteiger partial charge in [0, 0.05) is 38.1 Å². The minimum absolute atomic E-state index is 0.0885. The van der Waals surface area contributed by atoms with E-state index in [0.29, 0.717) is 36.2 Å². The highest BCUT2D eigenvalue weighted by Crippen LogP contribution is 2.19. The number of anilines is 1. The number of hydrogen-bond acceptors (Lipinski definition) is 3. The third-order valence-corrected chi connectivity index (χ3v) is 6.20. The van der Waals surface area contributed by atoms with Crippen LogP contribution in [-0.4, -0.2) is 46.0 Å². The Labute approximate surface area is 185 Å². The Bertz CT molecular complexity index is 1360. The Kier molecular flexibility index (Phi) is 5.27. The van der Waals surface area contributed by atoms with Crippen molar-refractivity contribution in [2.75, 3.05) is 31.1 Å². The smallest absolute Gasteiger partial charge is 0.275 e. The third-order valence-electron chi connectivity index (χ3n) is 6.20. The van der Waals surface area contributed by atoms with Crippen LogP contribution in [0.5, 0.6) is 0 Å². The van der Waals surface area contributed by atoms with Crippen molar-refractivity contribution in [3.8, 4) is 0 Å². The van der Waals surface area contributed by atoms with Crippen LogP contribution in [0.15, 0.2) is 65.6 Å². The molecule has 1 aliphatic heterocycles. The SMILES string of the molecule is Cc1ccc(N2CCN(CCCn3c(=O)c4cccn4c4cc(F)ccc43)CC2=O)cc1. The van der Waals surface area contributed by atoms with Crippen molar-refractivity contribution in [1.82, 2.24) is 13.9 Å². The van der Waals surface area contributed by atoms with Crippen LogP contribution in [0.1, 0.15) is 12.0 Å². The molecule has 7 heteroatoms. The van der Waals surface area contributed by atoms with Gasteiger partial charge in [0.25, 0.3) is 5.56 Å². The molecule has 1 saturated heterocycles. The molecule has 5 rings (SSSR count). The minimum Gasteiger partial charge on any atom is -0.310 e. The van der Waals surface area contributed by atoms with E-state index in [4.69, 9.17) is 0 Å². The fourth-order valence-electron chi connectivity index (χ4n) is 4.52. The van der Waals surface area contributed by atoms with Gasteiger partial charge in [0.2, 0.25) is 5.91 Å². The van der Waals surface area contributed by atoms with Gasteiger partial charge in [-0.1, -0.05) is 17.7 Å². The van der Waals surface area contributed by atoms with Crippen LogP contribution in [0, 0.1) is 12.7 Å². The second-order valence-corrected chi connectivity index (χ2v) is 8.36. The first-order chi connectivity index (χ1) is 15.5. The van der Waals surface area contributed by atoms with Crippen molar-refractivity contribution in [1.29, 1.82) is 0 Å². The Morgan fingerprint density at radius 1 is 0.906 bits per heavy atom. The molecule has 0 unspecified atom stereocenters. The lowest BCUT2D eigenvalue weighted by molar-refractivity contribution is -0.121. The molecule has 4 aromatic rings. The van der Waals surface area contributed by atoms with E-state index in [1.165, 1.54) is 17.7 Å². The lowest BCUT2D eigenvalue weighted by Gasteiger charge is -2.34. The summed E-state index contributed by atoms with van der Waals surface area (Å²) in [6.07, 6.45) is 2.50. The number of rotatable bonds is 5. The molecule has 6 nitrogen and oxygen atoms in total. The largest absolute Gasteiger partial charge is 0.310 e. The Morgan fingerprint density at radius 2 is 1.72 bits per heavy atom. The first-order valence-electron chi connectivity index (χ1n) is 10.9. The van der Waals surface area contributed by atoms with Crippen LogP contribution in [0.25, 0.3) is 16.6 Å². The van der Waals surface area contributed by atoms with Crippen LogP contribution < -0.4 is 10.5 Å². The van der Waals surface area contributed by atoms with E-state index in [1.807, 2.05) is 36.1 Å². The first-order valence-corrected chi connectivity index (χ1v) is 10.9. The van der Waals surface area contributed by atoms with Gasteiger partial charge in [-0.05, 0) is 55.8 Å². The summed E-state index contributed by atoms with van der Waals surface area (Å²) in [6, 6.07) is 16.1. The highest BCUT2D eigenvalue weighted by Gasteiger charge is 2.24. The van der Waals surface area contributed by atoms with E-state index in [0.717, 1.165) is 25.2 Å². The van der Waals surface area contributed by atoms with Gasteiger partial charge in [-0.2, -0.15) is 0 Å². The lowest BCUT2D eigenvalue weighted by atomic mass is 10.2. The molecule has 2 aromatic carbocycles. The van der Waals surface area contributed by atoms with Gasteiger partial charge in [0.05, 0.1) is 17.6 Å². The van der Waals surface area contributed by atoms with Gasteiger partial charge in [0.1, 0.15) is 11.3 Å². The topological polar surface area (TPSA) is 50.0 Å². The minimum atomic E-state index is -0.331. The van der Waals surface area contributed by atoms with Gasteiger partial charge < -0.3 is 13.9 Å². The molecule has 164 valence electrons. The molecule has 0 spiro atoms. The number of fused-ring (bicyclic) bond motifs is 3. The Hall–Kier alpha value is -3.45. The van der Waals surface area contributed by atoms with Crippen LogP contribution in [0.3, 0.4) is 0 Å². The molecule has 0 radical (unpaired) electrons. The molecule has 1 amide bonds. The monoisotopic (exact) mass is 432 g/mol. The maximum Gasteiger partial charge on any atom is 0.275 e. The average molecular weight is 432 g/mol. The number of carbonyl (C=O) groups excluding carboxylic acids is 1. The zero-order valence-electron chi connectivity index (χ0n) is 18.0. The number of halogens is 1. The van der Waals surface area contributed by atoms with E-state index >= 15 is 0 Å². The fourth-order valence-corrected chi connectivity index (χ4v) is 4.52. The van der Waals surface area contributed by atoms with E-state index in [9.17, 15) is 14.0 Å². The number of aryl methyl sites for hydroxylation is 2. The molecule has 1 aliphatic rings. The van der Waals surface area contributed by atoms with Crippen molar-refractivity contribution >= 4 is 28.1 Å². The molecule has 0 bridgehead atoms. The second-order valence-electron chi connectivity index (χ2n) is 8.36. The summed E-state index contributed by atoms with van der Waals surface area (Å²) >= 11 is 0.